The van der Waals surface area contributed by atoms with Crippen molar-refractivity contribution in [3.8, 4) is 0 Å². The first kappa shape index (κ1) is 18.6. The molecule has 0 saturated carbocycles. The fourth-order valence-electron chi connectivity index (χ4n) is 3.19. The summed E-state index contributed by atoms with van der Waals surface area (Å²) in [6.07, 6.45) is 2.45. The molecule has 0 aromatic carbocycles. The molecular formula is C17H22N6O4. The largest absolute Gasteiger partial charge is 0.370 e. The van der Waals surface area contributed by atoms with Crippen LogP contribution in [0.1, 0.15) is 17.7 Å². The standard InChI is InChI=1S/C17H22N6O4/c1-10-13(16(26)21-17(27)20-10)6-14(24)18-7-11-3-4-23(9-11)12-5-15(25)22(2)19-8-12/h5,8,11H,3-4,6-7,9H2,1-2H3,(H,18,24)(H2,20,21,26,27). The molecule has 1 fully saturated rings. The fourth-order valence-corrected chi connectivity index (χ4v) is 3.19. The summed E-state index contributed by atoms with van der Waals surface area (Å²) in [5.41, 5.74) is 0.137. The average molecular weight is 374 g/mol. The second-order valence-electron chi connectivity index (χ2n) is 6.77. The zero-order valence-electron chi connectivity index (χ0n) is 15.2. The van der Waals surface area contributed by atoms with Gasteiger partial charge in [0, 0.05) is 44.0 Å². The Balaban J connectivity index is 1.54. The highest BCUT2D eigenvalue weighted by Crippen LogP contribution is 2.21. The van der Waals surface area contributed by atoms with Crippen LogP contribution >= 0.6 is 0 Å². The van der Waals surface area contributed by atoms with Crippen LogP contribution in [0.15, 0.2) is 26.6 Å². The lowest BCUT2D eigenvalue weighted by Crippen LogP contribution is -2.35. The number of carbonyl (C=O) groups is 1. The van der Waals surface area contributed by atoms with Gasteiger partial charge in [-0.1, -0.05) is 0 Å². The maximum absolute atomic E-state index is 12.2. The quantitative estimate of drug-likeness (QED) is 0.593. The number of amides is 1. The molecule has 0 spiro atoms. The van der Waals surface area contributed by atoms with Crippen LogP contribution in [-0.4, -0.2) is 45.3 Å². The molecule has 0 radical (unpaired) electrons. The van der Waals surface area contributed by atoms with Gasteiger partial charge in [-0.2, -0.15) is 5.10 Å². The lowest BCUT2D eigenvalue weighted by molar-refractivity contribution is -0.120. The highest BCUT2D eigenvalue weighted by atomic mass is 16.2. The molecule has 1 aliphatic rings. The van der Waals surface area contributed by atoms with Crippen molar-refractivity contribution in [2.24, 2.45) is 13.0 Å². The molecule has 1 unspecified atom stereocenters. The predicted molar refractivity (Wildman–Crippen MR) is 98.9 cm³/mol. The number of aryl methyl sites for hydroxylation is 2. The second kappa shape index (κ2) is 7.60. The lowest BCUT2D eigenvalue weighted by atomic mass is 10.1. The molecule has 27 heavy (non-hydrogen) atoms. The molecule has 1 amide bonds. The summed E-state index contributed by atoms with van der Waals surface area (Å²) in [6.45, 7) is 3.57. The number of carbonyl (C=O) groups excluding carboxylic acids is 1. The van der Waals surface area contributed by atoms with E-state index in [4.69, 9.17) is 0 Å². The molecular weight excluding hydrogens is 352 g/mol. The number of aromatic amines is 2. The van der Waals surface area contributed by atoms with Crippen molar-refractivity contribution in [3.05, 3.63) is 54.7 Å². The summed E-state index contributed by atoms with van der Waals surface area (Å²) in [5.74, 6) is -0.0303. The van der Waals surface area contributed by atoms with Crippen molar-refractivity contribution in [1.29, 1.82) is 0 Å². The highest BCUT2D eigenvalue weighted by Gasteiger charge is 2.24. The molecule has 144 valence electrons. The summed E-state index contributed by atoms with van der Waals surface area (Å²) < 4.78 is 1.28. The first-order valence-corrected chi connectivity index (χ1v) is 8.70. The molecule has 2 aromatic heterocycles. The van der Waals surface area contributed by atoms with Gasteiger partial charge in [0.15, 0.2) is 0 Å². The Morgan fingerprint density at radius 2 is 2.11 bits per heavy atom. The van der Waals surface area contributed by atoms with Crippen molar-refractivity contribution in [1.82, 2.24) is 25.1 Å². The Morgan fingerprint density at radius 1 is 1.33 bits per heavy atom. The van der Waals surface area contributed by atoms with Gasteiger partial charge in [-0.05, 0) is 19.3 Å². The zero-order valence-corrected chi connectivity index (χ0v) is 15.2. The van der Waals surface area contributed by atoms with Crippen molar-refractivity contribution in [2.75, 3.05) is 24.5 Å². The van der Waals surface area contributed by atoms with E-state index in [0.29, 0.717) is 18.8 Å². The van der Waals surface area contributed by atoms with Gasteiger partial charge in [-0.15, -0.1) is 0 Å². The first-order chi connectivity index (χ1) is 12.8. The Hall–Kier alpha value is -3.17. The van der Waals surface area contributed by atoms with E-state index in [0.717, 1.165) is 18.7 Å². The van der Waals surface area contributed by atoms with Gasteiger partial charge in [-0.3, -0.25) is 19.4 Å². The predicted octanol–water partition coefficient (Wildman–Crippen LogP) is -1.35. The Labute approximate surface area is 154 Å². The number of rotatable bonds is 5. The minimum atomic E-state index is -0.585. The molecule has 3 rings (SSSR count). The average Bonchev–Trinajstić information content (AvgIpc) is 3.07. The van der Waals surface area contributed by atoms with Crippen molar-refractivity contribution in [2.45, 2.75) is 19.8 Å². The molecule has 10 heteroatoms. The smallest absolute Gasteiger partial charge is 0.325 e. The van der Waals surface area contributed by atoms with Gasteiger partial charge in [0.25, 0.3) is 11.1 Å². The molecule has 3 heterocycles. The number of aromatic nitrogens is 4. The van der Waals surface area contributed by atoms with Gasteiger partial charge in [0.1, 0.15) is 0 Å². The number of hydrogen-bond donors (Lipinski definition) is 3. The third-order valence-electron chi connectivity index (χ3n) is 4.78. The number of nitrogens with one attached hydrogen (secondary N) is 3. The van der Waals surface area contributed by atoms with Gasteiger partial charge in [0.05, 0.1) is 18.3 Å². The minimum Gasteiger partial charge on any atom is -0.370 e. The van der Waals surface area contributed by atoms with E-state index in [1.54, 1.807) is 26.2 Å². The van der Waals surface area contributed by atoms with Crippen LogP contribution in [0.2, 0.25) is 0 Å². The molecule has 2 aromatic rings. The van der Waals surface area contributed by atoms with E-state index in [1.165, 1.54) is 4.68 Å². The summed E-state index contributed by atoms with van der Waals surface area (Å²) >= 11 is 0. The Bertz CT molecular complexity index is 1020. The molecule has 0 bridgehead atoms. The lowest BCUT2D eigenvalue weighted by Gasteiger charge is -2.18. The number of anilines is 1. The van der Waals surface area contributed by atoms with Crippen LogP contribution in [0, 0.1) is 12.8 Å². The van der Waals surface area contributed by atoms with E-state index in [9.17, 15) is 19.2 Å². The van der Waals surface area contributed by atoms with Crippen molar-refractivity contribution >= 4 is 11.6 Å². The molecule has 1 saturated heterocycles. The normalized spacial score (nSPS) is 16.5. The SMILES string of the molecule is Cc1[nH]c(=O)[nH]c(=O)c1CC(=O)NCC1CCN(c2cnn(C)c(=O)c2)C1. The van der Waals surface area contributed by atoms with Gasteiger partial charge >= 0.3 is 5.69 Å². The van der Waals surface area contributed by atoms with Gasteiger partial charge < -0.3 is 15.2 Å². The van der Waals surface area contributed by atoms with Crippen LogP contribution in [0.3, 0.4) is 0 Å². The molecule has 1 aliphatic heterocycles. The van der Waals surface area contributed by atoms with E-state index >= 15 is 0 Å². The summed E-state index contributed by atoms with van der Waals surface area (Å²) in [6, 6.07) is 1.55. The van der Waals surface area contributed by atoms with Crippen molar-refractivity contribution < 1.29 is 4.79 Å². The van der Waals surface area contributed by atoms with Crippen LogP contribution in [0.4, 0.5) is 5.69 Å². The van der Waals surface area contributed by atoms with E-state index in [-0.39, 0.29) is 29.4 Å². The van der Waals surface area contributed by atoms with Crippen LogP contribution in [0.5, 0.6) is 0 Å². The maximum atomic E-state index is 12.2. The summed E-state index contributed by atoms with van der Waals surface area (Å²) in [7, 11) is 1.60. The van der Waals surface area contributed by atoms with Crippen LogP contribution in [-0.2, 0) is 18.3 Å². The molecule has 3 N–H and O–H groups in total. The number of H-pyrrole nitrogens is 2. The van der Waals surface area contributed by atoms with E-state index in [1.807, 2.05) is 0 Å². The maximum Gasteiger partial charge on any atom is 0.325 e. The first-order valence-electron chi connectivity index (χ1n) is 8.70. The molecule has 10 nitrogen and oxygen atoms in total. The second-order valence-corrected chi connectivity index (χ2v) is 6.77. The third kappa shape index (κ3) is 4.33. The van der Waals surface area contributed by atoms with Crippen molar-refractivity contribution in [3.63, 3.8) is 0 Å². The zero-order chi connectivity index (χ0) is 19.6. The van der Waals surface area contributed by atoms with E-state index < -0.39 is 11.2 Å². The Kier molecular flexibility index (Phi) is 5.24. The highest BCUT2D eigenvalue weighted by molar-refractivity contribution is 5.78. The van der Waals surface area contributed by atoms with E-state index in [2.05, 4.69) is 25.3 Å². The number of hydrogen-bond acceptors (Lipinski definition) is 6. The fraction of sp³-hybridized carbons (Fsp3) is 0.471. The third-order valence-corrected chi connectivity index (χ3v) is 4.78. The number of nitrogens with zero attached hydrogens (tertiary/aromatic N) is 3. The summed E-state index contributed by atoms with van der Waals surface area (Å²) in [4.78, 5) is 53.6. The molecule has 0 aliphatic carbocycles. The minimum absolute atomic E-state index is 0.0902. The van der Waals surface area contributed by atoms with Crippen LogP contribution < -0.4 is 27.0 Å². The molecule has 1 atom stereocenters. The topological polar surface area (TPSA) is 133 Å². The summed E-state index contributed by atoms with van der Waals surface area (Å²) in [5, 5.41) is 6.87. The van der Waals surface area contributed by atoms with Crippen LogP contribution in [0.25, 0.3) is 0 Å². The Morgan fingerprint density at radius 3 is 2.81 bits per heavy atom. The monoisotopic (exact) mass is 374 g/mol. The van der Waals surface area contributed by atoms with Gasteiger partial charge in [0.2, 0.25) is 5.91 Å². The van der Waals surface area contributed by atoms with Gasteiger partial charge in [-0.25, -0.2) is 9.48 Å².